The van der Waals surface area contributed by atoms with Crippen LogP contribution in [0.5, 0.6) is 0 Å². The molecule has 4 heteroatoms. The lowest BCUT2D eigenvalue weighted by Crippen LogP contribution is -1.97. The van der Waals surface area contributed by atoms with Crippen LogP contribution in [0.1, 0.15) is 16.8 Å². The van der Waals surface area contributed by atoms with Crippen LogP contribution < -0.4 is 0 Å². The number of benzene rings is 1. The van der Waals surface area contributed by atoms with Gasteiger partial charge in [-0.05, 0) is 35.3 Å². The molecule has 2 rings (SSSR count). The normalized spacial score (nSPS) is 10.3. The van der Waals surface area contributed by atoms with Crippen LogP contribution in [0.4, 0.5) is 0 Å². The fourth-order valence-corrected chi connectivity index (χ4v) is 2.41. The topological polar surface area (TPSA) is 41.6 Å². The number of rotatable bonds is 1. The van der Waals surface area contributed by atoms with Crippen LogP contribution in [0, 0.1) is 25.2 Å². The molecular weight excluding hydrogens is 278 g/mol. The molecule has 0 aliphatic carbocycles. The molecule has 2 aromatic rings. The zero-order chi connectivity index (χ0) is 12.6. The Morgan fingerprint density at radius 2 is 2.06 bits per heavy atom. The molecule has 1 heterocycles. The van der Waals surface area contributed by atoms with Crippen LogP contribution in [0.25, 0.3) is 11.4 Å². The van der Waals surface area contributed by atoms with Gasteiger partial charge in [-0.1, -0.05) is 23.8 Å². The Kier molecular flexibility index (Phi) is 3.03. The first-order valence-corrected chi connectivity index (χ1v) is 6.04. The maximum atomic E-state index is 9.03. The van der Waals surface area contributed by atoms with E-state index in [0.29, 0.717) is 10.3 Å². The molecule has 0 saturated carbocycles. The third kappa shape index (κ3) is 1.98. The molecule has 1 aromatic heterocycles. The van der Waals surface area contributed by atoms with Crippen LogP contribution >= 0.6 is 15.9 Å². The summed E-state index contributed by atoms with van der Waals surface area (Å²) in [7, 11) is 1.85. The lowest BCUT2D eigenvalue weighted by molar-refractivity contribution is 0.905. The Bertz CT molecular complexity index is 620. The number of imidazole rings is 1. The van der Waals surface area contributed by atoms with Crippen molar-refractivity contribution in [3.63, 3.8) is 0 Å². The van der Waals surface area contributed by atoms with Crippen molar-refractivity contribution in [3.05, 3.63) is 39.6 Å². The zero-order valence-corrected chi connectivity index (χ0v) is 11.5. The summed E-state index contributed by atoms with van der Waals surface area (Å²) in [6.45, 7) is 4.11. The third-order valence-corrected chi connectivity index (χ3v) is 3.33. The Labute approximate surface area is 109 Å². The number of aryl methyl sites for hydroxylation is 2. The minimum Gasteiger partial charge on any atom is -0.318 e. The van der Waals surface area contributed by atoms with Gasteiger partial charge in [0.25, 0.3) is 0 Å². The minimum atomic E-state index is 0.542. The highest BCUT2D eigenvalue weighted by Gasteiger charge is 2.15. The highest BCUT2D eigenvalue weighted by Crippen LogP contribution is 2.27. The molecule has 0 unspecified atom stereocenters. The molecule has 0 bridgehead atoms. The van der Waals surface area contributed by atoms with Crippen molar-refractivity contribution in [1.82, 2.24) is 9.55 Å². The number of halogens is 1. The average Bonchev–Trinajstić information content (AvgIpc) is 2.54. The smallest absolute Gasteiger partial charge is 0.154 e. The molecular formula is C13H12BrN3. The third-order valence-electron chi connectivity index (χ3n) is 2.78. The summed E-state index contributed by atoms with van der Waals surface area (Å²) in [5.74, 6) is 0.811. The summed E-state index contributed by atoms with van der Waals surface area (Å²) < 4.78 is 2.40. The van der Waals surface area contributed by atoms with E-state index in [1.807, 2.05) is 17.7 Å². The van der Waals surface area contributed by atoms with Crippen molar-refractivity contribution in [2.45, 2.75) is 13.8 Å². The molecule has 0 radical (unpaired) electrons. The molecule has 3 nitrogen and oxygen atoms in total. The van der Waals surface area contributed by atoms with Crippen molar-refractivity contribution in [2.75, 3.05) is 0 Å². The molecule has 86 valence electrons. The lowest BCUT2D eigenvalue weighted by Gasteiger charge is -2.06. The largest absolute Gasteiger partial charge is 0.318 e. The standard InChI is InChI=1S/C13H12BrN3/c1-8-4-5-10(9(2)6-8)13-16-12(14)11(7-15)17(13)3/h4-6H,1-3H3. The SMILES string of the molecule is Cc1ccc(-c2nc(Br)c(C#N)n2C)c(C)c1. The Morgan fingerprint density at radius 3 is 2.59 bits per heavy atom. The van der Waals surface area contributed by atoms with E-state index in [1.165, 1.54) is 5.56 Å². The molecule has 0 saturated heterocycles. The van der Waals surface area contributed by atoms with E-state index >= 15 is 0 Å². The Hall–Kier alpha value is -1.60. The van der Waals surface area contributed by atoms with Gasteiger partial charge in [0, 0.05) is 12.6 Å². The van der Waals surface area contributed by atoms with Crippen LogP contribution in [0.15, 0.2) is 22.8 Å². The molecule has 1 aromatic carbocycles. The number of aromatic nitrogens is 2. The van der Waals surface area contributed by atoms with E-state index in [2.05, 4.69) is 53.0 Å². The van der Waals surface area contributed by atoms with Gasteiger partial charge < -0.3 is 4.57 Å². The first-order valence-electron chi connectivity index (χ1n) is 5.24. The second-order valence-corrected chi connectivity index (χ2v) is 4.82. The summed E-state index contributed by atoms with van der Waals surface area (Å²) in [5.41, 5.74) is 3.98. The zero-order valence-electron chi connectivity index (χ0n) is 9.95. The molecule has 0 aliphatic rings. The van der Waals surface area contributed by atoms with E-state index < -0.39 is 0 Å². The molecule has 0 amide bonds. The van der Waals surface area contributed by atoms with Crippen LogP contribution in [-0.2, 0) is 7.05 Å². The molecule has 0 N–H and O–H groups in total. The van der Waals surface area contributed by atoms with Crippen molar-refractivity contribution < 1.29 is 0 Å². The van der Waals surface area contributed by atoms with Gasteiger partial charge in [0.2, 0.25) is 0 Å². The van der Waals surface area contributed by atoms with E-state index in [4.69, 9.17) is 5.26 Å². The van der Waals surface area contributed by atoms with Crippen molar-refractivity contribution in [3.8, 4) is 17.5 Å². The first-order chi connectivity index (χ1) is 8.04. The Morgan fingerprint density at radius 1 is 1.35 bits per heavy atom. The van der Waals surface area contributed by atoms with Gasteiger partial charge in [0.15, 0.2) is 5.69 Å². The number of hydrogen-bond donors (Lipinski definition) is 0. The predicted octanol–water partition coefficient (Wildman–Crippen LogP) is 3.34. The van der Waals surface area contributed by atoms with Gasteiger partial charge in [0.1, 0.15) is 16.5 Å². The van der Waals surface area contributed by atoms with Crippen molar-refractivity contribution in [2.24, 2.45) is 7.05 Å². The molecule has 0 spiro atoms. The second kappa shape index (κ2) is 4.34. The highest BCUT2D eigenvalue weighted by atomic mass is 79.9. The monoisotopic (exact) mass is 289 g/mol. The average molecular weight is 290 g/mol. The summed E-state index contributed by atoms with van der Waals surface area (Å²) in [6.07, 6.45) is 0. The second-order valence-electron chi connectivity index (χ2n) is 4.06. The van der Waals surface area contributed by atoms with Crippen molar-refractivity contribution in [1.29, 1.82) is 5.26 Å². The number of hydrogen-bond acceptors (Lipinski definition) is 2. The predicted molar refractivity (Wildman–Crippen MR) is 70.5 cm³/mol. The highest BCUT2D eigenvalue weighted by molar-refractivity contribution is 9.10. The summed E-state index contributed by atoms with van der Waals surface area (Å²) in [4.78, 5) is 4.40. The molecule has 17 heavy (non-hydrogen) atoms. The van der Waals surface area contributed by atoms with E-state index in [0.717, 1.165) is 17.0 Å². The van der Waals surface area contributed by atoms with E-state index in [1.54, 1.807) is 0 Å². The number of nitriles is 1. The van der Waals surface area contributed by atoms with Gasteiger partial charge in [-0.3, -0.25) is 0 Å². The van der Waals surface area contributed by atoms with Crippen LogP contribution in [0.2, 0.25) is 0 Å². The van der Waals surface area contributed by atoms with Gasteiger partial charge in [0.05, 0.1) is 0 Å². The lowest BCUT2D eigenvalue weighted by atomic mass is 10.1. The summed E-state index contributed by atoms with van der Waals surface area (Å²) >= 11 is 3.31. The van der Waals surface area contributed by atoms with Gasteiger partial charge in [-0.25, -0.2) is 4.98 Å². The van der Waals surface area contributed by atoms with Gasteiger partial charge in [-0.2, -0.15) is 5.26 Å². The maximum Gasteiger partial charge on any atom is 0.154 e. The summed E-state index contributed by atoms with van der Waals surface area (Å²) in [5, 5.41) is 9.03. The molecule has 0 atom stereocenters. The minimum absolute atomic E-state index is 0.542. The molecule has 0 fully saturated rings. The van der Waals surface area contributed by atoms with Crippen LogP contribution in [0.3, 0.4) is 0 Å². The fraction of sp³-hybridized carbons (Fsp3) is 0.231. The molecule has 0 aliphatic heterocycles. The quantitative estimate of drug-likeness (QED) is 0.808. The Balaban J connectivity index is 2.66. The van der Waals surface area contributed by atoms with Crippen LogP contribution in [-0.4, -0.2) is 9.55 Å². The van der Waals surface area contributed by atoms with E-state index in [-0.39, 0.29) is 0 Å². The van der Waals surface area contributed by atoms with Crippen molar-refractivity contribution >= 4 is 15.9 Å². The van der Waals surface area contributed by atoms with Gasteiger partial charge in [-0.15, -0.1) is 0 Å². The fourth-order valence-electron chi connectivity index (χ4n) is 1.89. The van der Waals surface area contributed by atoms with Gasteiger partial charge >= 0.3 is 0 Å². The first kappa shape index (κ1) is 11.9. The number of nitrogens with zero attached hydrogens (tertiary/aromatic N) is 3. The maximum absolute atomic E-state index is 9.03. The summed E-state index contributed by atoms with van der Waals surface area (Å²) in [6, 6.07) is 8.35. The van der Waals surface area contributed by atoms with E-state index in [9.17, 15) is 0 Å².